The van der Waals surface area contributed by atoms with Gasteiger partial charge in [0.1, 0.15) is 11.1 Å². The van der Waals surface area contributed by atoms with Gasteiger partial charge in [-0.1, -0.05) is 6.42 Å². The average Bonchev–Trinajstić information content (AvgIpc) is 3.23. The molecule has 25 heavy (non-hydrogen) atoms. The van der Waals surface area contributed by atoms with E-state index in [-0.39, 0.29) is 17.7 Å². The lowest BCUT2D eigenvalue weighted by molar-refractivity contribution is -0.148. The van der Waals surface area contributed by atoms with E-state index in [0.717, 1.165) is 50.5 Å². The third-order valence-electron chi connectivity index (χ3n) is 6.27. The van der Waals surface area contributed by atoms with Crippen LogP contribution in [0.1, 0.15) is 54.5 Å². The van der Waals surface area contributed by atoms with Crippen molar-refractivity contribution in [3.8, 4) is 6.07 Å². The number of carbonyl (C=O) groups is 2. The quantitative estimate of drug-likeness (QED) is 0.808. The number of nitrogens with one attached hydrogen (secondary N) is 1. The van der Waals surface area contributed by atoms with Crippen molar-refractivity contribution < 1.29 is 14.7 Å². The van der Waals surface area contributed by atoms with Crippen molar-refractivity contribution in [2.45, 2.75) is 51.4 Å². The number of aryl methyl sites for hydroxylation is 1. The molecule has 3 aliphatic rings. The van der Waals surface area contributed by atoms with Gasteiger partial charge in [0.25, 0.3) is 0 Å². The molecule has 2 N–H and O–H groups in total. The molecule has 1 aromatic rings. The largest absolute Gasteiger partial charge is 0.481 e. The topological polar surface area (TPSA) is 90.2 Å². The zero-order valence-corrected chi connectivity index (χ0v) is 14.9. The van der Waals surface area contributed by atoms with E-state index in [1.54, 1.807) is 0 Å². The first kappa shape index (κ1) is 16.6. The molecule has 0 unspecified atom stereocenters. The number of rotatable bonds is 3. The highest BCUT2D eigenvalue weighted by molar-refractivity contribution is 7.16. The highest BCUT2D eigenvalue weighted by Crippen LogP contribution is 2.53. The molecule has 0 aromatic carbocycles. The monoisotopic (exact) mass is 358 g/mol. The standard InChI is InChI=1S/C19H22N2O3S/c20-9-13-12-4-2-1-3-5-14(12)25-18(13)21-17(22)15-10-6-7-11(8-10)16(15)19(23)24/h10-11,15-16H,1-8H2,(H,21,22)(H,23,24)/t10-,11+,15-,16+/m1/s1. The predicted molar refractivity (Wildman–Crippen MR) is 94.4 cm³/mol. The molecule has 5 nitrogen and oxygen atoms in total. The molecule has 2 fully saturated rings. The van der Waals surface area contributed by atoms with E-state index in [1.807, 2.05) is 0 Å². The minimum atomic E-state index is -0.852. The first-order valence-electron chi connectivity index (χ1n) is 9.18. The Morgan fingerprint density at radius 3 is 2.56 bits per heavy atom. The number of carboxylic acids is 1. The van der Waals surface area contributed by atoms with Gasteiger partial charge in [-0.25, -0.2) is 0 Å². The Kier molecular flexibility index (Phi) is 4.28. The number of carboxylic acid groups (broad SMARTS) is 1. The molecule has 132 valence electrons. The summed E-state index contributed by atoms with van der Waals surface area (Å²) in [7, 11) is 0. The molecular weight excluding hydrogens is 336 g/mol. The van der Waals surface area contributed by atoms with Gasteiger partial charge in [0.2, 0.25) is 5.91 Å². The molecule has 1 aromatic heterocycles. The molecule has 0 radical (unpaired) electrons. The average molecular weight is 358 g/mol. The SMILES string of the molecule is N#Cc1c(NC(=O)[C@@H]2[C@@H]3CC[C@@H](C3)[C@@H]2C(=O)O)sc2c1CCCCC2. The van der Waals surface area contributed by atoms with Gasteiger partial charge >= 0.3 is 5.97 Å². The van der Waals surface area contributed by atoms with E-state index >= 15 is 0 Å². The van der Waals surface area contributed by atoms with Crippen molar-refractivity contribution in [3.63, 3.8) is 0 Å². The molecule has 1 heterocycles. The fourth-order valence-electron chi connectivity index (χ4n) is 5.17. The Morgan fingerprint density at radius 1 is 1.12 bits per heavy atom. The van der Waals surface area contributed by atoms with Crippen LogP contribution in [0.4, 0.5) is 5.00 Å². The number of carbonyl (C=O) groups excluding carboxylic acids is 1. The molecular formula is C19H22N2O3S. The number of anilines is 1. The van der Waals surface area contributed by atoms with Crippen LogP contribution in [-0.2, 0) is 22.4 Å². The summed E-state index contributed by atoms with van der Waals surface area (Å²) in [5, 5.41) is 22.7. The maximum atomic E-state index is 12.9. The van der Waals surface area contributed by atoms with E-state index in [0.29, 0.717) is 10.6 Å². The number of thiophene rings is 1. The lowest BCUT2D eigenvalue weighted by Crippen LogP contribution is -2.37. The first-order valence-corrected chi connectivity index (χ1v) is 10.00. The molecule has 0 aliphatic heterocycles. The Bertz CT molecular complexity index is 763. The Hall–Kier alpha value is -1.87. The van der Waals surface area contributed by atoms with Gasteiger partial charge in [-0.3, -0.25) is 9.59 Å². The zero-order chi connectivity index (χ0) is 17.6. The van der Waals surface area contributed by atoms with Crippen LogP contribution >= 0.6 is 11.3 Å². The fourth-order valence-corrected chi connectivity index (χ4v) is 6.41. The van der Waals surface area contributed by atoms with Crippen molar-refractivity contribution in [2.24, 2.45) is 23.7 Å². The van der Waals surface area contributed by atoms with Gasteiger partial charge in [-0.05, 0) is 62.3 Å². The van der Waals surface area contributed by atoms with Crippen LogP contribution in [-0.4, -0.2) is 17.0 Å². The highest BCUT2D eigenvalue weighted by atomic mass is 32.1. The third-order valence-corrected chi connectivity index (χ3v) is 7.48. The van der Waals surface area contributed by atoms with E-state index in [2.05, 4.69) is 11.4 Å². The summed E-state index contributed by atoms with van der Waals surface area (Å²) < 4.78 is 0. The minimum Gasteiger partial charge on any atom is -0.481 e. The van der Waals surface area contributed by atoms with E-state index in [4.69, 9.17) is 0 Å². The van der Waals surface area contributed by atoms with Crippen molar-refractivity contribution in [1.29, 1.82) is 5.26 Å². The predicted octanol–water partition coefficient (Wildman–Crippen LogP) is 3.57. The van der Waals surface area contributed by atoms with Crippen molar-refractivity contribution in [2.75, 3.05) is 5.32 Å². The minimum absolute atomic E-state index is 0.133. The van der Waals surface area contributed by atoms with E-state index in [1.165, 1.54) is 22.6 Å². The summed E-state index contributed by atoms with van der Waals surface area (Å²) in [6, 6.07) is 2.27. The molecule has 2 saturated carbocycles. The second kappa shape index (κ2) is 6.45. The molecule has 1 amide bonds. The number of amides is 1. The second-order valence-corrected chi connectivity index (χ2v) is 8.70. The maximum Gasteiger partial charge on any atom is 0.307 e. The molecule has 3 aliphatic carbocycles. The number of nitriles is 1. The summed E-state index contributed by atoms with van der Waals surface area (Å²) in [4.78, 5) is 25.8. The Balaban J connectivity index is 1.59. The van der Waals surface area contributed by atoms with E-state index < -0.39 is 17.8 Å². The van der Waals surface area contributed by atoms with Crippen LogP contribution in [0.5, 0.6) is 0 Å². The molecule has 0 spiro atoms. The molecule has 6 heteroatoms. The van der Waals surface area contributed by atoms with Crippen LogP contribution in [0, 0.1) is 35.0 Å². The van der Waals surface area contributed by atoms with Crippen LogP contribution in [0.2, 0.25) is 0 Å². The van der Waals surface area contributed by atoms with Crippen LogP contribution in [0.15, 0.2) is 0 Å². The highest BCUT2D eigenvalue weighted by Gasteiger charge is 2.54. The first-order chi connectivity index (χ1) is 12.1. The van der Waals surface area contributed by atoms with E-state index in [9.17, 15) is 20.0 Å². The van der Waals surface area contributed by atoms with Gasteiger partial charge in [-0.15, -0.1) is 11.3 Å². The third kappa shape index (κ3) is 2.75. The molecule has 4 rings (SSSR count). The molecule has 4 atom stereocenters. The van der Waals surface area contributed by atoms with Crippen molar-refractivity contribution >= 4 is 28.2 Å². The summed E-state index contributed by atoms with van der Waals surface area (Å²) in [5.41, 5.74) is 1.70. The van der Waals surface area contributed by atoms with Gasteiger partial charge in [0.15, 0.2) is 0 Å². The Morgan fingerprint density at radius 2 is 1.84 bits per heavy atom. The van der Waals surface area contributed by atoms with Gasteiger partial charge in [-0.2, -0.15) is 5.26 Å². The van der Waals surface area contributed by atoms with Crippen LogP contribution in [0.3, 0.4) is 0 Å². The van der Waals surface area contributed by atoms with Crippen LogP contribution < -0.4 is 5.32 Å². The summed E-state index contributed by atoms with van der Waals surface area (Å²) in [6.45, 7) is 0. The van der Waals surface area contributed by atoms with Gasteiger partial charge in [0, 0.05) is 4.88 Å². The van der Waals surface area contributed by atoms with Crippen molar-refractivity contribution in [3.05, 3.63) is 16.0 Å². The smallest absolute Gasteiger partial charge is 0.307 e. The summed E-state index contributed by atoms with van der Waals surface area (Å²) in [6.07, 6.45) is 7.96. The second-order valence-electron chi connectivity index (χ2n) is 7.59. The maximum absolute atomic E-state index is 12.9. The van der Waals surface area contributed by atoms with Crippen molar-refractivity contribution in [1.82, 2.24) is 0 Å². The molecule has 0 saturated heterocycles. The van der Waals surface area contributed by atoms with Gasteiger partial charge < -0.3 is 10.4 Å². The fraction of sp³-hybridized carbons (Fsp3) is 0.632. The number of fused-ring (bicyclic) bond motifs is 3. The lowest BCUT2D eigenvalue weighted by atomic mass is 9.79. The van der Waals surface area contributed by atoms with Crippen LogP contribution in [0.25, 0.3) is 0 Å². The normalized spacial score (nSPS) is 30.4. The number of hydrogen-bond donors (Lipinski definition) is 2. The lowest BCUT2D eigenvalue weighted by Gasteiger charge is -2.26. The zero-order valence-electron chi connectivity index (χ0n) is 14.1. The van der Waals surface area contributed by atoms with Gasteiger partial charge in [0.05, 0.1) is 17.4 Å². The number of aliphatic carboxylic acids is 1. The summed E-state index contributed by atoms with van der Waals surface area (Å²) in [5.74, 6) is -1.77. The summed E-state index contributed by atoms with van der Waals surface area (Å²) >= 11 is 1.51. The molecule has 2 bridgehead atoms. The number of hydrogen-bond acceptors (Lipinski definition) is 4. The number of nitrogens with zero attached hydrogens (tertiary/aromatic N) is 1. The Labute approximate surface area is 151 Å².